The Hall–Kier alpha value is -0.820. The van der Waals surface area contributed by atoms with Gasteiger partial charge in [-0.25, -0.2) is 8.78 Å². The van der Waals surface area contributed by atoms with Crippen molar-refractivity contribution in [3.05, 3.63) is 33.8 Å². The van der Waals surface area contributed by atoms with Crippen molar-refractivity contribution in [3.8, 4) is 0 Å². The highest BCUT2D eigenvalue weighted by Crippen LogP contribution is 2.23. The maximum atomic E-state index is 13.6. The SMILES string of the molecule is CCC(C(=O)O)S(=O)Cc1c(F)ccc(Br)c1F. The Labute approximate surface area is 114 Å². The molecule has 0 aliphatic heterocycles. The first-order valence-corrected chi connectivity index (χ1v) is 7.28. The molecular formula is C11H11BrF2O3S. The topological polar surface area (TPSA) is 54.4 Å². The van der Waals surface area contributed by atoms with E-state index in [1.54, 1.807) is 6.92 Å². The fraction of sp³-hybridized carbons (Fsp3) is 0.364. The molecule has 0 radical (unpaired) electrons. The number of carboxylic acid groups (broad SMARTS) is 1. The van der Waals surface area contributed by atoms with Gasteiger partial charge in [0.25, 0.3) is 0 Å². The molecule has 0 aliphatic carbocycles. The standard InChI is InChI=1S/C11H11BrF2O3S/c1-2-9(11(15)16)18(17)5-6-8(13)4-3-7(12)10(6)14/h3-4,9H,2,5H2,1H3,(H,15,16). The van der Waals surface area contributed by atoms with Crippen LogP contribution in [0.2, 0.25) is 0 Å². The van der Waals surface area contributed by atoms with E-state index < -0.39 is 39.4 Å². The van der Waals surface area contributed by atoms with Crippen molar-refractivity contribution in [1.29, 1.82) is 0 Å². The Morgan fingerprint density at radius 2 is 2.11 bits per heavy atom. The zero-order chi connectivity index (χ0) is 13.9. The van der Waals surface area contributed by atoms with Gasteiger partial charge in [-0.05, 0) is 34.5 Å². The lowest BCUT2D eigenvalue weighted by Gasteiger charge is -2.11. The Morgan fingerprint density at radius 1 is 1.50 bits per heavy atom. The summed E-state index contributed by atoms with van der Waals surface area (Å²) in [7, 11) is -1.87. The van der Waals surface area contributed by atoms with E-state index in [-0.39, 0.29) is 16.5 Å². The van der Waals surface area contributed by atoms with Crippen LogP contribution in [0.4, 0.5) is 8.78 Å². The first kappa shape index (κ1) is 15.2. The molecule has 0 aliphatic rings. The highest BCUT2D eigenvalue weighted by Gasteiger charge is 2.25. The van der Waals surface area contributed by atoms with Crippen molar-refractivity contribution in [2.45, 2.75) is 24.3 Å². The molecular weight excluding hydrogens is 330 g/mol. The minimum atomic E-state index is -1.87. The Kier molecular flexibility index (Phi) is 5.40. The maximum absolute atomic E-state index is 13.6. The summed E-state index contributed by atoms with van der Waals surface area (Å²) in [6, 6.07) is 2.24. The molecule has 0 bridgehead atoms. The average molecular weight is 341 g/mol. The first-order chi connectivity index (χ1) is 8.38. The quantitative estimate of drug-likeness (QED) is 0.838. The van der Waals surface area contributed by atoms with Gasteiger partial charge in [0.2, 0.25) is 0 Å². The molecule has 0 heterocycles. The van der Waals surface area contributed by atoms with E-state index in [9.17, 15) is 17.8 Å². The normalized spacial score (nSPS) is 14.2. The zero-order valence-corrected chi connectivity index (χ0v) is 11.9. The largest absolute Gasteiger partial charge is 0.480 e. The van der Waals surface area contributed by atoms with Crippen molar-refractivity contribution < 1.29 is 22.9 Å². The molecule has 0 saturated heterocycles. The van der Waals surface area contributed by atoms with Crippen LogP contribution in [0.15, 0.2) is 16.6 Å². The van der Waals surface area contributed by atoms with Gasteiger partial charge in [-0.15, -0.1) is 0 Å². The van der Waals surface area contributed by atoms with Crippen LogP contribution in [-0.4, -0.2) is 20.5 Å². The molecule has 1 rings (SSSR count). The van der Waals surface area contributed by atoms with Gasteiger partial charge in [-0.2, -0.15) is 0 Å². The van der Waals surface area contributed by atoms with Gasteiger partial charge in [0.05, 0.1) is 10.2 Å². The number of carbonyl (C=O) groups is 1. The zero-order valence-electron chi connectivity index (χ0n) is 9.45. The second kappa shape index (κ2) is 6.38. The van der Waals surface area contributed by atoms with Gasteiger partial charge >= 0.3 is 5.97 Å². The summed E-state index contributed by atoms with van der Waals surface area (Å²) in [6.07, 6.45) is 0.138. The molecule has 2 unspecified atom stereocenters. The number of benzene rings is 1. The van der Waals surface area contributed by atoms with Crippen LogP contribution in [0.25, 0.3) is 0 Å². The predicted molar refractivity (Wildman–Crippen MR) is 67.6 cm³/mol. The molecule has 0 fully saturated rings. The van der Waals surface area contributed by atoms with Gasteiger partial charge in [-0.1, -0.05) is 6.92 Å². The van der Waals surface area contributed by atoms with E-state index in [0.717, 1.165) is 6.07 Å². The Bertz CT molecular complexity index is 493. The molecule has 7 heteroatoms. The molecule has 3 nitrogen and oxygen atoms in total. The molecule has 1 aromatic rings. The molecule has 0 aromatic heterocycles. The number of aliphatic carboxylic acids is 1. The van der Waals surface area contributed by atoms with Crippen molar-refractivity contribution in [3.63, 3.8) is 0 Å². The van der Waals surface area contributed by atoms with Gasteiger partial charge in [0, 0.05) is 16.4 Å². The van der Waals surface area contributed by atoms with Gasteiger partial charge in [0.1, 0.15) is 16.9 Å². The molecule has 0 spiro atoms. The number of carboxylic acids is 1. The van der Waals surface area contributed by atoms with E-state index >= 15 is 0 Å². The molecule has 100 valence electrons. The minimum Gasteiger partial charge on any atom is -0.480 e. The Balaban J connectivity index is 3.01. The third-order valence-electron chi connectivity index (χ3n) is 2.39. The summed E-state index contributed by atoms with van der Waals surface area (Å²) in [4.78, 5) is 10.8. The van der Waals surface area contributed by atoms with Gasteiger partial charge in [-0.3, -0.25) is 9.00 Å². The second-order valence-corrected chi connectivity index (χ2v) is 6.06. The summed E-state index contributed by atoms with van der Waals surface area (Å²) in [5.41, 5.74) is -0.359. The van der Waals surface area contributed by atoms with Crippen LogP contribution >= 0.6 is 15.9 Å². The Morgan fingerprint density at radius 3 is 2.61 bits per heavy atom. The summed E-state index contributed by atoms with van der Waals surface area (Å²) < 4.78 is 38.9. The second-order valence-electron chi connectivity index (χ2n) is 3.58. The van der Waals surface area contributed by atoms with Crippen molar-refractivity contribution in [2.75, 3.05) is 0 Å². The van der Waals surface area contributed by atoms with Crippen LogP contribution in [-0.2, 0) is 21.3 Å². The highest BCUT2D eigenvalue weighted by atomic mass is 79.9. The lowest BCUT2D eigenvalue weighted by Crippen LogP contribution is -2.26. The lowest BCUT2D eigenvalue weighted by atomic mass is 10.2. The van der Waals surface area contributed by atoms with Crippen molar-refractivity contribution >= 4 is 32.7 Å². The van der Waals surface area contributed by atoms with Crippen molar-refractivity contribution in [1.82, 2.24) is 0 Å². The van der Waals surface area contributed by atoms with Crippen LogP contribution < -0.4 is 0 Å². The van der Waals surface area contributed by atoms with E-state index in [2.05, 4.69) is 15.9 Å². The molecule has 1 aromatic carbocycles. The summed E-state index contributed by atoms with van der Waals surface area (Å²) in [5, 5.41) is 7.70. The third-order valence-corrected chi connectivity index (χ3v) is 4.74. The summed E-state index contributed by atoms with van der Waals surface area (Å²) in [6.45, 7) is 1.56. The third kappa shape index (κ3) is 3.35. The molecule has 18 heavy (non-hydrogen) atoms. The fourth-order valence-electron chi connectivity index (χ4n) is 1.42. The van der Waals surface area contributed by atoms with E-state index in [0.29, 0.717) is 0 Å². The van der Waals surface area contributed by atoms with Crippen LogP contribution in [0.1, 0.15) is 18.9 Å². The van der Waals surface area contributed by atoms with Crippen molar-refractivity contribution in [2.24, 2.45) is 0 Å². The lowest BCUT2D eigenvalue weighted by molar-refractivity contribution is -0.136. The maximum Gasteiger partial charge on any atom is 0.319 e. The number of halogens is 3. The minimum absolute atomic E-state index is 0.0549. The molecule has 0 saturated carbocycles. The molecule has 0 amide bonds. The monoisotopic (exact) mass is 340 g/mol. The first-order valence-electron chi connectivity index (χ1n) is 5.10. The van der Waals surface area contributed by atoms with Gasteiger partial charge in [0.15, 0.2) is 0 Å². The van der Waals surface area contributed by atoms with Gasteiger partial charge < -0.3 is 5.11 Å². The van der Waals surface area contributed by atoms with E-state index in [1.165, 1.54) is 6.07 Å². The fourth-order valence-corrected chi connectivity index (χ4v) is 3.14. The van der Waals surface area contributed by atoms with Crippen LogP contribution in [0.3, 0.4) is 0 Å². The van der Waals surface area contributed by atoms with E-state index in [1.807, 2.05) is 0 Å². The number of hydrogen-bond donors (Lipinski definition) is 1. The van der Waals surface area contributed by atoms with Crippen LogP contribution in [0, 0.1) is 11.6 Å². The predicted octanol–water partition coefficient (Wildman–Crippen LogP) is 2.84. The number of hydrogen-bond acceptors (Lipinski definition) is 2. The summed E-state index contributed by atoms with van der Waals surface area (Å²) >= 11 is 2.90. The number of rotatable bonds is 5. The van der Waals surface area contributed by atoms with E-state index in [4.69, 9.17) is 5.11 Å². The molecule has 1 N–H and O–H groups in total. The molecule has 2 atom stereocenters. The highest BCUT2D eigenvalue weighted by molar-refractivity contribution is 9.10. The smallest absolute Gasteiger partial charge is 0.319 e. The summed E-state index contributed by atoms with van der Waals surface area (Å²) in [5.74, 6) is -3.36. The van der Waals surface area contributed by atoms with Crippen LogP contribution in [0.5, 0.6) is 0 Å². The average Bonchev–Trinajstić information content (AvgIpc) is 2.30.